The second-order valence-corrected chi connectivity index (χ2v) is 5.67. The Morgan fingerprint density at radius 2 is 2.22 bits per heavy atom. The van der Waals surface area contributed by atoms with Crippen LogP contribution in [-0.2, 0) is 0 Å². The Kier molecular flexibility index (Phi) is 2.94. The minimum Gasteiger partial charge on any atom is -0.495 e. The molecule has 1 N–H and O–H groups in total. The molecule has 0 aliphatic carbocycles. The highest BCUT2D eigenvalue weighted by Crippen LogP contribution is 2.45. The van der Waals surface area contributed by atoms with Gasteiger partial charge in [0.1, 0.15) is 5.75 Å². The molecule has 0 spiro atoms. The first-order valence-electron chi connectivity index (χ1n) is 6.80. The Balaban J connectivity index is 2.06. The first-order valence-corrected chi connectivity index (χ1v) is 6.80. The van der Waals surface area contributed by atoms with Crippen molar-refractivity contribution < 1.29 is 4.74 Å². The van der Waals surface area contributed by atoms with E-state index in [1.807, 2.05) is 0 Å². The average Bonchev–Trinajstić information content (AvgIpc) is 2.38. The molecule has 0 aromatic heterocycles. The fourth-order valence-corrected chi connectivity index (χ4v) is 3.50. The second kappa shape index (κ2) is 4.47. The summed E-state index contributed by atoms with van der Waals surface area (Å²) in [4.78, 5) is 2.45. The molecule has 2 aliphatic heterocycles. The highest BCUT2D eigenvalue weighted by atomic mass is 16.5. The predicted molar refractivity (Wildman–Crippen MR) is 74.6 cm³/mol. The fourth-order valence-electron chi connectivity index (χ4n) is 3.50. The van der Waals surface area contributed by atoms with Crippen molar-refractivity contribution in [3.8, 4) is 5.75 Å². The molecule has 0 saturated carbocycles. The van der Waals surface area contributed by atoms with E-state index < -0.39 is 0 Å². The third-order valence-corrected chi connectivity index (χ3v) is 4.52. The molecule has 2 heterocycles. The lowest BCUT2D eigenvalue weighted by molar-refractivity contribution is 0.191. The molecular weight excluding hydrogens is 224 g/mol. The normalized spacial score (nSPS) is 27.1. The van der Waals surface area contributed by atoms with Gasteiger partial charge in [0.05, 0.1) is 12.8 Å². The van der Waals surface area contributed by atoms with E-state index in [1.165, 1.54) is 36.3 Å². The number of anilines is 1. The number of benzene rings is 1. The molecule has 0 bridgehead atoms. The van der Waals surface area contributed by atoms with Crippen molar-refractivity contribution >= 4 is 5.69 Å². The Morgan fingerprint density at radius 1 is 1.39 bits per heavy atom. The zero-order valence-corrected chi connectivity index (χ0v) is 11.5. The topological polar surface area (TPSA) is 24.5 Å². The number of aryl methyl sites for hydroxylation is 1. The number of rotatable bonds is 1. The number of methoxy groups -OCH3 is 1. The molecule has 2 unspecified atom stereocenters. The van der Waals surface area contributed by atoms with Gasteiger partial charge in [-0.1, -0.05) is 6.07 Å². The molecule has 1 aromatic carbocycles. The summed E-state index contributed by atoms with van der Waals surface area (Å²) in [6.45, 7) is 5.71. The summed E-state index contributed by atoms with van der Waals surface area (Å²) >= 11 is 0. The maximum Gasteiger partial charge on any atom is 0.142 e. The maximum absolute atomic E-state index is 5.50. The molecule has 3 heteroatoms. The van der Waals surface area contributed by atoms with E-state index in [0.29, 0.717) is 5.92 Å². The second-order valence-electron chi connectivity index (χ2n) is 5.67. The van der Waals surface area contributed by atoms with E-state index in [0.717, 1.165) is 18.2 Å². The van der Waals surface area contributed by atoms with Crippen LogP contribution in [0.3, 0.4) is 0 Å². The van der Waals surface area contributed by atoms with E-state index in [-0.39, 0.29) is 0 Å². The fraction of sp³-hybridized carbons (Fsp3) is 0.600. The molecule has 1 aromatic rings. The third-order valence-electron chi connectivity index (χ3n) is 4.52. The van der Waals surface area contributed by atoms with E-state index >= 15 is 0 Å². The number of hydrogen-bond acceptors (Lipinski definition) is 3. The molecule has 1 saturated heterocycles. The van der Waals surface area contributed by atoms with Crippen LogP contribution in [0.25, 0.3) is 0 Å². The van der Waals surface area contributed by atoms with Crippen LogP contribution in [0, 0.1) is 12.8 Å². The zero-order valence-electron chi connectivity index (χ0n) is 11.5. The number of nitrogens with one attached hydrogen (secondary N) is 1. The molecular formula is C15H22N2O. The van der Waals surface area contributed by atoms with Crippen molar-refractivity contribution in [1.29, 1.82) is 0 Å². The van der Waals surface area contributed by atoms with Crippen LogP contribution < -0.4 is 10.1 Å². The highest BCUT2D eigenvalue weighted by Gasteiger charge is 2.35. The number of likely N-dealkylation sites (N-methyl/N-ethyl adjacent to an activating group) is 1. The lowest BCUT2D eigenvalue weighted by Gasteiger charge is -2.42. The van der Waals surface area contributed by atoms with Gasteiger partial charge >= 0.3 is 0 Å². The SMILES string of the molecule is COc1ccc(C)c2c1NCC1CCN(C)CC21. The van der Waals surface area contributed by atoms with Gasteiger partial charge in [-0.15, -0.1) is 0 Å². The van der Waals surface area contributed by atoms with Crippen molar-refractivity contribution in [3.63, 3.8) is 0 Å². The summed E-state index contributed by atoms with van der Waals surface area (Å²) in [5.74, 6) is 2.43. The minimum atomic E-state index is 0.662. The van der Waals surface area contributed by atoms with Crippen molar-refractivity contribution in [2.24, 2.45) is 5.92 Å². The first-order chi connectivity index (χ1) is 8.70. The number of nitrogens with zero attached hydrogens (tertiary/aromatic N) is 1. The van der Waals surface area contributed by atoms with E-state index in [1.54, 1.807) is 7.11 Å². The van der Waals surface area contributed by atoms with Gasteiger partial charge in [0, 0.05) is 19.0 Å². The van der Waals surface area contributed by atoms with E-state index in [4.69, 9.17) is 4.74 Å². The van der Waals surface area contributed by atoms with Crippen LogP contribution in [0.5, 0.6) is 5.75 Å². The monoisotopic (exact) mass is 246 g/mol. The van der Waals surface area contributed by atoms with Gasteiger partial charge < -0.3 is 15.0 Å². The van der Waals surface area contributed by atoms with Crippen molar-refractivity contribution in [3.05, 3.63) is 23.3 Å². The van der Waals surface area contributed by atoms with Crippen LogP contribution in [0.15, 0.2) is 12.1 Å². The summed E-state index contributed by atoms with van der Waals surface area (Å²) in [5, 5.41) is 3.59. The largest absolute Gasteiger partial charge is 0.495 e. The number of piperidine rings is 1. The van der Waals surface area contributed by atoms with Gasteiger partial charge in [-0.2, -0.15) is 0 Å². The summed E-state index contributed by atoms with van der Waals surface area (Å²) in [5.41, 5.74) is 4.11. The standard InChI is InChI=1S/C15H22N2O/c1-10-4-5-13(18-3)15-14(10)12-9-17(2)7-6-11(12)8-16-15/h4-5,11-12,16H,6-9H2,1-3H3. The molecule has 1 fully saturated rings. The molecule has 0 amide bonds. The summed E-state index contributed by atoms with van der Waals surface area (Å²) in [6, 6.07) is 4.27. The molecule has 18 heavy (non-hydrogen) atoms. The average molecular weight is 246 g/mol. The highest BCUT2D eigenvalue weighted by molar-refractivity contribution is 5.67. The number of fused-ring (bicyclic) bond motifs is 3. The van der Waals surface area contributed by atoms with Gasteiger partial charge in [-0.25, -0.2) is 0 Å². The lowest BCUT2D eigenvalue weighted by Crippen LogP contribution is -2.42. The van der Waals surface area contributed by atoms with Gasteiger partial charge in [0.25, 0.3) is 0 Å². The third kappa shape index (κ3) is 1.77. The molecule has 98 valence electrons. The molecule has 2 aliphatic rings. The molecule has 2 atom stereocenters. The molecule has 3 rings (SSSR count). The maximum atomic E-state index is 5.50. The van der Waals surface area contributed by atoms with Gasteiger partial charge in [0.15, 0.2) is 0 Å². The first kappa shape index (κ1) is 11.8. The Morgan fingerprint density at radius 3 is 3.00 bits per heavy atom. The van der Waals surface area contributed by atoms with Crippen LogP contribution in [0.1, 0.15) is 23.5 Å². The molecule has 3 nitrogen and oxygen atoms in total. The summed E-state index contributed by atoms with van der Waals surface area (Å²) in [7, 11) is 3.99. The summed E-state index contributed by atoms with van der Waals surface area (Å²) < 4.78 is 5.50. The van der Waals surface area contributed by atoms with Crippen LogP contribution in [0.2, 0.25) is 0 Å². The van der Waals surface area contributed by atoms with Crippen LogP contribution in [0.4, 0.5) is 5.69 Å². The van der Waals surface area contributed by atoms with E-state index in [9.17, 15) is 0 Å². The van der Waals surface area contributed by atoms with Crippen molar-refractivity contribution in [2.45, 2.75) is 19.3 Å². The number of ether oxygens (including phenoxy) is 1. The van der Waals surface area contributed by atoms with Crippen molar-refractivity contribution in [1.82, 2.24) is 4.90 Å². The van der Waals surface area contributed by atoms with Gasteiger partial charge in [-0.05, 0) is 50.0 Å². The number of likely N-dealkylation sites (tertiary alicyclic amines) is 1. The number of hydrogen-bond donors (Lipinski definition) is 1. The Bertz CT molecular complexity index is 458. The van der Waals surface area contributed by atoms with Crippen LogP contribution in [-0.4, -0.2) is 38.7 Å². The smallest absolute Gasteiger partial charge is 0.142 e. The lowest BCUT2D eigenvalue weighted by atomic mass is 9.76. The van der Waals surface area contributed by atoms with E-state index in [2.05, 4.69) is 36.3 Å². The van der Waals surface area contributed by atoms with Crippen LogP contribution >= 0.6 is 0 Å². The molecule has 0 radical (unpaired) electrons. The quantitative estimate of drug-likeness (QED) is 0.824. The predicted octanol–water partition coefficient (Wildman–Crippen LogP) is 2.46. The summed E-state index contributed by atoms with van der Waals surface area (Å²) in [6.07, 6.45) is 1.30. The van der Waals surface area contributed by atoms with Gasteiger partial charge in [-0.3, -0.25) is 0 Å². The Hall–Kier alpha value is -1.22. The Labute approximate surface area is 109 Å². The minimum absolute atomic E-state index is 0.662. The zero-order chi connectivity index (χ0) is 12.7. The van der Waals surface area contributed by atoms with Crippen molar-refractivity contribution in [2.75, 3.05) is 39.1 Å². The van der Waals surface area contributed by atoms with Gasteiger partial charge in [0.2, 0.25) is 0 Å².